The maximum atomic E-state index is 13.1. The Morgan fingerprint density at radius 1 is 1.35 bits per heavy atom. The molecule has 4 saturated heterocycles. The van der Waals surface area contributed by atoms with Crippen molar-refractivity contribution in [3.63, 3.8) is 0 Å². The van der Waals surface area contributed by atoms with Crippen LogP contribution in [0.3, 0.4) is 0 Å². The molecule has 120 valence electrons. The Kier molecular flexibility index (Phi) is 2.74. The SMILES string of the molecule is COc1ccc2[nH]nc(C(=O)N3C[C@@H]4CN5CCC4[C@@H]3C5)c2c1. The first-order valence-electron chi connectivity index (χ1n) is 8.30. The summed E-state index contributed by atoms with van der Waals surface area (Å²) in [4.78, 5) is 17.7. The van der Waals surface area contributed by atoms with Gasteiger partial charge >= 0.3 is 0 Å². The Morgan fingerprint density at radius 2 is 2.26 bits per heavy atom. The van der Waals surface area contributed by atoms with E-state index in [2.05, 4.69) is 20.0 Å². The van der Waals surface area contributed by atoms with E-state index in [9.17, 15) is 4.79 Å². The van der Waals surface area contributed by atoms with Crippen LogP contribution in [0.15, 0.2) is 18.2 Å². The third-order valence-corrected chi connectivity index (χ3v) is 5.88. The lowest BCUT2D eigenvalue weighted by Crippen LogP contribution is -2.54. The normalized spacial score (nSPS) is 31.8. The van der Waals surface area contributed by atoms with Gasteiger partial charge in [0.05, 0.1) is 12.6 Å². The molecule has 0 aliphatic carbocycles. The number of likely N-dealkylation sites (tertiary alicyclic amines) is 1. The molecule has 1 aromatic carbocycles. The maximum absolute atomic E-state index is 13.1. The Hall–Kier alpha value is -2.08. The molecule has 4 bridgehead atoms. The lowest BCUT2D eigenvalue weighted by atomic mass is 9.80. The summed E-state index contributed by atoms with van der Waals surface area (Å²) < 4.78 is 5.29. The van der Waals surface area contributed by atoms with Gasteiger partial charge in [0.25, 0.3) is 5.91 Å². The Bertz CT molecular complexity index is 786. The molecule has 23 heavy (non-hydrogen) atoms. The summed E-state index contributed by atoms with van der Waals surface area (Å²) >= 11 is 0. The second-order valence-electron chi connectivity index (χ2n) is 6.98. The van der Waals surface area contributed by atoms with Crippen LogP contribution in [0, 0.1) is 11.8 Å². The predicted octanol–water partition coefficient (Wildman–Crippen LogP) is 1.35. The number of amides is 1. The highest BCUT2D eigenvalue weighted by molar-refractivity contribution is 6.05. The molecule has 5 heterocycles. The first kappa shape index (κ1) is 13.4. The number of carbonyl (C=O) groups excluding carboxylic acids is 1. The van der Waals surface area contributed by atoms with Gasteiger partial charge < -0.3 is 14.5 Å². The van der Waals surface area contributed by atoms with Crippen LogP contribution in [0.2, 0.25) is 0 Å². The summed E-state index contributed by atoms with van der Waals surface area (Å²) in [7, 11) is 1.64. The number of fused-ring (bicyclic) bond motifs is 2. The van der Waals surface area contributed by atoms with Gasteiger partial charge in [-0.3, -0.25) is 9.89 Å². The van der Waals surface area contributed by atoms with Gasteiger partial charge in [-0.25, -0.2) is 0 Å². The van der Waals surface area contributed by atoms with Crippen LogP contribution in [0.5, 0.6) is 5.75 Å². The molecule has 2 unspecified atom stereocenters. The number of ether oxygens (including phenoxy) is 1. The quantitative estimate of drug-likeness (QED) is 0.909. The van der Waals surface area contributed by atoms with Crippen LogP contribution < -0.4 is 4.74 Å². The number of carbonyl (C=O) groups is 1. The van der Waals surface area contributed by atoms with Crippen LogP contribution in [0.4, 0.5) is 0 Å². The molecule has 0 radical (unpaired) electrons. The second kappa shape index (κ2) is 4.71. The van der Waals surface area contributed by atoms with Gasteiger partial charge in [-0.2, -0.15) is 5.10 Å². The van der Waals surface area contributed by atoms with Crippen molar-refractivity contribution in [2.24, 2.45) is 11.8 Å². The number of aromatic amines is 1. The topological polar surface area (TPSA) is 61.5 Å². The van der Waals surface area contributed by atoms with Gasteiger partial charge in [0, 0.05) is 31.1 Å². The lowest BCUT2D eigenvalue weighted by Gasteiger charge is -2.44. The zero-order valence-corrected chi connectivity index (χ0v) is 13.2. The number of nitrogens with one attached hydrogen (secondary N) is 1. The molecule has 4 atom stereocenters. The van der Waals surface area contributed by atoms with Gasteiger partial charge in [0.1, 0.15) is 5.75 Å². The highest BCUT2D eigenvalue weighted by Crippen LogP contribution is 2.42. The average Bonchev–Trinajstić information content (AvgIpc) is 3.13. The Morgan fingerprint density at radius 3 is 3.04 bits per heavy atom. The van der Waals surface area contributed by atoms with Gasteiger partial charge in [0.2, 0.25) is 0 Å². The fourth-order valence-electron chi connectivity index (χ4n) is 4.76. The number of benzene rings is 1. The fraction of sp³-hybridized carbons (Fsp3) is 0.529. The van der Waals surface area contributed by atoms with E-state index in [0.717, 1.165) is 36.3 Å². The van der Waals surface area contributed by atoms with Crippen LogP contribution in [-0.4, -0.2) is 65.2 Å². The van der Waals surface area contributed by atoms with E-state index in [1.165, 1.54) is 13.0 Å². The van der Waals surface area contributed by atoms with E-state index in [-0.39, 0.29) is 5.91 Å². The van der Waals surface area contributed by atoms with Gasteiger partial charge in [-0.05, 0) is 43.0 Å². The molecule has 0 saturated carbocycles. The van der Waals surface area contributed by atoms with E-state index < -0.39 is 0 Å². The second-order valence-corrected chi connectivity index (χ2v) is 6.98. The molecular formula is C17H20N4O2. The Labute approximate surface area is 134 Å². The zero-order valence-electron chi connectivity index (χ0n) is 13.2. The number of methoxy groups -OCH3 is 1. The van der Waals surface area contributed by atoms with Crippen molar-refractivity contribution in [2.75, 3.05) is 33.3 Å². The zero-order chi connectivity index (χ0) is 15.6. The molecule has 2 aromatic rings. The summed E-state index contributed by atoms with van der Waals surface area (Å²) in [5.74, 6) is 2.14. The van der Waals surface area contributed by atoms with Gasteiger partial charge in [-0.15, -0.1) is 0 Å². The molecule has 6 nitrogen and oxygen atoms in total. The molecular weight excluding hydrogens is 292 g/mol. The molecule has 1 N–H and O–H groups in total. The van der Waals surface area contributed by atoms with Crippen LogP contribution in [0.1, 0.15) is 16.9 Å². The summed E-state index contributed by atoms with van der Waals surface area (Å²) in [6.07, 6.45) is 1.23. The van der Waals surface area contributed by atoms with Crippen LogP contribution in [-0.2, 0) is 0 Å². The number of hydrogen-bond acceptors (Lipinski definition) is 4. The molecule has 6 rings (SSSR count). The number of H-pyrrole nitrogens is 1. The third-order valence-electron chi connectivity index (χ3n) is 5.88. The van der Waals surface area contributed by atoms with E-state index >= 15 is 0 Å². The minimum absolute atomic E-state index is 0.0609. The van der Waals surface area contributed by atoms with Crippen molar-refractivity contribution in [2.45, 2.75) is 12.5 Å². The monoisotopic (exact) mass is 312 g/mol. The summed E-state index contributed by atoms with van der Waals surface area (Å²) in [6.45, 7) is 4.25. The number of rotatable bonds is 2. The van der Waals surface area contributed by atoms with E-state index in [1.807, 2.05) is 18.2 Å². The lowest BCUT2D eigenvalue weighted by molar-refractivity contribution is 0.0420. The predicted molar refractivity (Wildman–Crippen MR) is 85.5 cm³/mol. The van der Waals surface area contributed by atoms with Gasteiger partial charge in [-0.1, -0.05) is 0 Å². The van der Waals surface area contributed by atoms with Crippen molar-refractivity contribution < 1.29 is 9.53 Å². The number of nitrogens with zero attached hydrogens (tertiary/aromatic N) is 3. The van der Waals surface area contributed by atoms with Crippen molar-refractivity contribution in [3.8, 4) is 5.75 Å². The van der Waals surface area contributed by atoms with E-state index in [1.54, 1.807) is 7.11 Å². The molecule has 4 fully saturated rings. The number of aromatic nitrogens is 2. The van der Waals surface area contributed by atoms with Crippen molar-refractivity contribution >= 4 is 16.8 Å². The smallest absolute Gasteiger partial charge is 0.275 e. The summed E-state index contributed by atoms with van der Waals surface area (Å²) in [6, 6.07) is 6.05. The molecule has 6 heteroatoms. The van der Waals surface area contributed by atoms with Crippen LogP contribution in [0.25, 0.3) is 10.9 Å². The Balaban J connectivity index is 1.51. The molecule has 1 aromatic heterocycles. The minimum Gasteiger partial charge on any atom is -0.497 e. The first-order valence-corrected chi connectivity index (χ1v) is 8.30. The fourth-order valence-corrected chi connectivity index (χ4v) is 4.76. The van der Waals surface area contributed by atoms with Crippen molar-refractivity contribution in [1.29, 1.82) is 0 Å². The number of hydrogen-bond donors (Lipinski definition) is 1. The summed E-state index contributed by atoms with van der Waals surface area (Å²) in [5.41, 5.74) is 1.40. The highest BCUT2D eigenvalue weighted by atomic mass is 16.5. The van der Waals surface area contributed by atoms with E-state index in [4.69, 9.17) is 4.74 Å². The molecule has 0 spiro atoms. The minimum atomic E-state index is 0.0609. The van der Waals surface area contributed by atoms with Gasteiger partial charge in [0.15, 0.2) is 5.69 Å². The third kappa shape index (κ3) is 1.84. The largest absolute Gasteiger partial charge is 0.497 e. The maximum Gasteiger partial charge on any atom is 0.275 e. The first-order chi connectivity index (χ1) is 11.2. The number of piperidine rings is 3. The molecule has 1 amide bonds. The molecule has 4 aliphatic heterocycles. The molecule has 4 aliphatic rings. The highest BCUT2D eigenvalue weighted by Gasteiger charge is 2.51. The van der Waals surface area contributed by atoms with Crippen LogP contribution >= 0.6 is 0 Å². The average molecular weight is 312 g/mol. The van der Waals surface area contributed by atoms with E-state index in [0.29, 0.717) is 23.6 Å². The standard InChI is InChI=1S/C17H20N4O2/c1-23-11-2-3-14-13(6-11)16(19-18-14)17(22)21-8-10-7-20-5-4-12(10)15(21)9-20/h2-3,6,10,12,15H,4-5,7-9H2,1H3,(H,18,19)/t10-,12?,15-/m0/s1. The summed E-state index contributed by atoms with van der Waals surface area (Å²) in [5, 5.41) is 8.13. The van der Waals surface area contributed by atoms with Crippen molar-refractivity contribution in [1.82, 2.24) is 20.0 Å². The van der Waals surface area contributed by atoms with Crippen molar-refractivity contribution in [3.05, 3.63) is 23.9 Å².